The monoisotopic (exact) mass is 262 g/mol. The second kappa shape index (κ2) is 4.55. The van der Waals surface area contributed by atoms with Crippen LogP contribution in [0.3, 0.4) is 0 Å². The summed E-state index contributed by atoms with van der Waals surface area (Å²) in [5.74, 6) is -0.561. The number of hydrogen-bond donors (Lipinski definition) is 2. The van der Waals surface area contributed by atoms with Crippen LogP contribution in [0.25, 0.3) is 0 Å². The molecule has 0 amide bonds. The molecule has 0 atom stereocenters. The molecule has 0 heterocycles. The van der Waals surface area contributed by atoms with Gasteiger partial charge in [-0.3, -0.25) is 4.79 Å². The van der Waals surface area contributed by atoms with Gasteiger partial charge in [-0.2, -0.15) is 0 Å². The maximum absolute atomic E-state index is 11.0. The summed E-state index contributed by atoms with van der Waals surface area (Å²) in [7, 11) is 0. The van der Waals surface area contributed by atoms with E-state index in [9.17, 15) is 9.90 Å². The van der Waals surface area contributed by atoms with E-state index < -0.39 is 5.97 Å². The molecule has 1 aromatic rings. The van der Waals surface area contributed by atoms with E-state index >= 15 is 0 Å². The molecule has 1 aromatic carbocycles. The van der Waals surface area contributed by atoms with Crippen molar-refractivity contribution in [2.24, 2.45) is 5.41 Å². The second-order valence-electron chi connectivity index (χ2n) is 6.94. The van der Waals surface area contributed by atoms with Crippen LogP contribution < -0.4 is 0 Å². The van der Waals surface area contributed by atoms with E-state index in [1.807, 2.05) is 12.1 Å². The Labute approximate surface area is 114 Å². The van der Waals surface area contributed by atoms with Crippen molar-refractivity contribution in [1.82, 2.24) is 0 Å². The van der Waals surface area contributed by atoms with E-state index in [1.54, 1.807) is 6.07 Å². The molecule has 0 radical (unpaired) electrons. The molecule has 0 aliphatic heterocycles. The average molecular weight is 262 g/mol. The van der Waals surface area contributed by atoms with Gasteiger partial charge in [-0.25, -0.2) is 0 Å². The fourth-order valence-corrected chi connectivity index (χ4v) is 2.71. The first-order valence-electron chi connectivity index (χ1n) is 6.76. The first-order chi connectivity index (χ1) is 8.72. The third kappa shape index (κ3) is 3.28. The Morgan fingerprint density at radius 3 is 2.42 bits per heavy atom. The highest BCUT2D eigenvalue weighted by molar-refractivity contribution is 5.70. The lowest BCUT2D eigenvalue weighted by molar-refractivity contribution is -0.137. The number of carbonyl (C=O) groups is 1. The van der Waals surface area contributed by atoms with Crippen LogP contribution >= 0.6 is 0 Å². The zero-order chi connectivity index (χ0) is 14.3. The van der Waals surface area contributed by atoms with Gasteiger partial charge in [-0.15, -0.1) is 0 Å². The molecule has 104 valence electrons. The van der Waals surface area contributed by atoms with Crippen molar-refractivity contribution in [2.45, 2.75) is 51.9 Å². The maximum Gasteiger partial charge on any atom is 0.304 e. The molecular formula is C16H22O3. The first-order valence-corrected chi connectivity index (χ1v) is 6.76. The van der Waals surface area contributed by atoms with Crippen LogP contribution in [0.5, 0.6) is 5.75 Å². The number of aliphatic carboxylic acids is 1. The Bertz CT molecular complexity index is 493. The molecule has 3 heteroatoms. The van der Waals surface area contributed by atoms with Crippen molar-refractivity contribution in [2.75, 3.05) is 0 Å². The van der Waals surface area contributed by atoms with Crippen LogP contribution in [0, 0.1) is 5.41 Å². The number of phenolic OH excluding ortho intramolecular Hbond substituents is 1. The fraction of sp³-hybridized carbons (Fsp3) is 0.562. The van der Waals surface area contributed by atoms with E-state index in [0.29, 0.717) is 0 Å². The van der Waals surface area contributed by atoms with Gasteiger partial charge in [-0.05, 0) is 36.3 Å². The lowest BCUT2D eigenvalue weighted by atomic mass is 9.84. The van der Waals surface area contributed by atoms with Crippen LogP contribution in [-0.2, 0) is 16.6 Å². The van der Waals surface area contributed by atoms with E-state index in [-0.39, 0.29) is 23.0 Å². The van der Waals surface area contributed by atoms with Crippen molar-refractivity contribution in [3.63, 3.8) is 0 Å². The molecule has 0 saturated heterocycles. The summed E-state index contributed by atoms with van der Waals surface area (Å²) in [5, 5.41) is 19.0. The Morgan fingerprint density at radius 1 is 1.32 bits per heavy atom. The fourth-order valence-electron chi connectivity index (χ4n) is 2.71. The van der Waals surface area contributed by atoms with Crippen molar-refractivity contribution in [3.05, 3.63) is 29.3 Å². The largest absolute Gasteiger partial charge is 0.508 e. The van der Waals surface area contributed by atoms with Gasteiger partial charge in [0.05, 0.1) is 6.42 Å². The van der Waals surface area contributed by atoms with Gasteiger partial charge in [0.2, 0.25) is 0 Å². The first kappa shape index (κ1) is 13.9. The number of benzene rings is 1. The van der Waals surface area contributed by atoms with Crippen LogP contribution in [0.1, 0.15) is 51.2 Å². The highest BCUT2D eigenvalue weighted by Crippen LogP contribution is 2.54. The van der Waals surface area contributed by atoms with E-state index in [0.717, 1.165) is 30.4 Å². The summed E-state index contributed by atoms with van der Waals surface area (Å²) in [6, 6.07) is 5.63. The van der Waals surface area contributed by atoms with Gasteiger partial charge in [0.25, 0.3) is 0 Å². The normalized spacial score (nSPS) is 17.2. The topological polar surface area (TPSA) is 57.5 Å². The van der Waals surface area contributed by atoms with E-state index in [2.05, 4.69) is 20.8 Å². The summed E-state index contributed by atoms with van der Waals surface area (Å²) < 4.78 is 0. The highest BCUT2D eigenvalue weighted by Gasteiger charge is 2.47. The number of carboxylic acid groups (broad SMARTS) is 1. The van der Waals surface area contributed by atoms with Crippen molar-refractivity contribution >= 4 is 5.97 Å². The van der Waals surface area contributed by atoms with Gasteiger partial charge in [0.15, 0.2) is 0 Å². The summed E-state index contributed by atoms with van der Waals surface area (Å²) >= 11 is 0. The second-order valence-corrected chi connectivity index (χ2v) is 6.94. The number of hydrogen-bond acceptors (Lipinski definition) is 2. The van der Waals surface area contributed by atoms with Crippen LogP contribution in [0.4, 0.5) is 0 Å². The van der Waals surface area contributed by atoms with E-state index in [4.69, 9.17) is 5.11 Å². The minimum absolute atomic E-state index is 0.111. The van der Waals surface area contributed by atoms with Crippen molar-refractivity contribution in [3.8, 4) is 5.75 Å². The van der Waals surface area contributed by atoms with E-state index in [1.165, 1.54) is 0 Å². The van der Waals surface area contributed by atoms with Gasteiger partial charge < -0.3 is 10.2 Å². The maximum atomic E-state index is 11.0. The van der Waals surface area contributed by atoms with Crippen LogP contribution in [0.15, 0.2) is 18.2 Å². The third-order valence-electron chi connectivity index (χ3n) is 3.71. The van der Waals surface area contributed by atoms with Gasteiger partial charge in [0, 0.05) is 11.0 Å². The molecule has 1 aliphatic carbocycles. The summed E-state index contributed by atoms with van der Waals surface area (Å²) in [6.07, 6.45) is 2.74. The number of phenols is 1. The molecular weight excluding hydrogens is 240 g/mol. The van der Waals surface area contributed by atoms with Gasteiger partial charge in [0.1, 0.15) is 5.75 Å². The van der Waals surface area contributed by atoms with Gasteiger partial charge >= 0.3 is 5.97 Å². The number of carboxylic acids is 1. The summed E-state index contributed by atoms with van der Waals surface area (Å²) in [5.41, 5.74) is 1.83. The minimum atomic E-state index is -0.793. The Kier molecular flexibility index (Phi) is 3.33. The molecule has 0 unspecified atom stereocenters. The lowest BCUT2D eigenvalue weighted by Crippen LogP contribution is -2.15. The van der Waals surface area contributed by atoms with Crippen molar-refractivity contribution in [1.29, 1.82) is 0 Å². The predicted molar refractivity (Wildman–Crippen MR) is 74.4 cm³/mol. The predicted octanol–water partition coefficient (Wildman–Crippen LogP) is 3.49. The van der Waals surface area contributed by atoms with Crippen LogP contribution in [0.2, 0.25) is 0 Å². The Hall–Kier alpha value is -1.51. The Balaban J connectivity index is 2.30. The molecule has 0 spiro atoms. The molecule has 19 heavy (non-hydrogen) atoms. The third-order valence-corrected chi connectivity index (χ3v) is 3.71. The molecule has 2 rings (SSSR count). The molecule has 3 nitrogen and oxygen atoms in total. The lowest BCUT2D eigenvalue weighted by Gasteiger charge is -2.21. The molecule has 0 aromatic heterocycles. The zero-order valence-corrected chi connectivity index (χ0v) is 11.9. The average Bonchev–Trinajstić information content (AvgIpc) is 2.98. The SMILES string of the molecule is CC(C)(C)Cc1ccc(O)c(C2(CC(=O)O)CC2)c1. The highest BCUT2D eigenvalue weighted by atomic mass is 16.4. The molecule has 1 saturated carbocycles. The molecule has 2 N–H and O–H groups in total. The number of aromatic hydroxyl groups is 1. The quantitative estimate of drug-likeness (QED) is 0.873. The van der Waals surface area contributed by atoms with Crippen LogP contribution in [-0.4, -0.2) is 16.2 Å². The molecule has 1 fully saturated rings. The Morgan fingerprint density at radius 2 is 1.95 bits per heavy atom. The van der Waals surface area contributed by atoms with Gasteiger partial charge in [-0.1, -0.05) is 32.9 Å². The molecule has 1 aliphatic rings. The van der Waals surface area contributed by atoms with Crippen molar-refractivity contribution < 1.29 is 15.0 Å². The summed E-state index contributed by atoms with van der Waals surface area (Å²) in [4.78, 5) is 11.0. The standard InChI is InChI=1S/C16H22O3/c1-15(2,3)9-11-4-5-13(17)12(8-11)16(6-7-16)10-14(18)19/h4-5,8,17H,6-7,9-10H2,1-3H3,(H,18,19). The zero-order valence-electron chi connectivity index (χ0n) is 11.9. The molecule has 0 bridgehead atoms. The minimum Gasteiger partial charge on any atom is -0.508 e. The number of rotatable bonds is 4. The summed E-state index contributed by atoms with van der Waals surface area (Å²) in [6.45, 7) is 6.51. The smallest absolute Gasteiger partial charge is 0.304 e.